The van der Waals surface area contributed by atoms with Crippen molar-refractivity contribution < 1.29 is 23.5 Å². The van der Waals surface area contributed by atoms with Gasteiger partial charge in [-0.1, -0.05) is 6.07 Å². The van der Waals surface area contributed by atoms with Crippen LogP contribution in [0.5, 0.6) is 0 Å². The van der Waals surface area contributed by atoms with Crippen LogP contribution in [0.25, 0.3) is 10.1 Å². The zero-order valence-corrected chi connectivity index (χ0v) is 10.8. The number of imide groups is 1. The number of hydrogen-bond donors (Lipinski definition) is 2. The Morgan fingerprint density at radius 1 is 1.35 bits per heavy atom. The first kappa shape index (κ1) is 13.9. The van der Waals surface area contributed by atoms with Crippen LogP contribution < -0.4 is 11.1 Å². The highest BCUT2D eigenvalue weighted by molar-refractivity contribution is 7.20. The normalized spacial score (nSPS) is 10.2. The number of ether oxygens (including phenoxy) is 1. The van der Waals surface area contributed by atoms with Crippen molar-refractivity contribution in [2.45, 2.75) is 0 Å². The number of urea groups is 1. The number of carbonyl (C=O) groups is 3. The smallest absolute Gasteiger partial charge is 0.348 e. The predicted molar refractivity (Wildman–Crippen MR) is 69.8 cm³/mol. The fraction of sp³-hybridized carbons (Fsp3) is 0.0833. The summed E-state index contributed by atoms with van der Waals surface area (Å²) < 4.78 is 18.7. The van der Waals surface area contributed by atoms with Crippen LogP contribution in [-0.4, -0.2) is 24.5 Å². The number of rotatable bonds is 3. The first-order valence-electron chi connectivity index (χ1n) is 5.42. The van der Waals surface area contributed by atoms with Crippen LogP contribution in [0.4, 0.5) is 9.18 Å². The Balaban J connectivity index is 2.06. The van der Waals surface area contributed by atoms with E-state index >= 15 is 0 Å². The highest BCUT2D eigenvalue weighted by atomic mass is 32.1. The fourth-order valence-electron chi connectivity index (χ4n) is 1.50. The number of esters is 1. The molecule has 0 aliphatic rings. The van der Waals surface area contributed by atoms with Gasteiger partial charge < -0.3 is 10.5 Å². The van der Waals surface area contributed by atoms with Crippen LogP contribution in [0.1, 0.15) is 9.67 Å². The first-order chi connectivity index (χ1) is 9.47. The van der Waals surface area contributed by atoms with Gasteiger partial charge in [0, 0.05) is 10.1 Å². The molecule has 0 saturated heterocycles. The second-order valence-corrected chi connectivity index (χ2v) is 4.83. The third-order valence-electron chi connectivity index (χ3n) is 2.31. The number of amides is 3. The fourth-order valence-corrected chi connectivity index (χ4v) is 2.47. The second kappa shape index (κ2) is 5.66. The van der Waals surface area contributed by atoms with Crippen molar-refractivity contribution >= 4 is 39.3 Å². The number of carbonyl (C=O) groups excluding carboxylic acids is 3. The van der Waals surface area contributed by atoms with Crippen molar-refractivity contribution in [3.05, 3.63) is 35.0 Å². The van der Waals surface area contributed by atoms with E-state index in [0.717, 1.165) is 11.3 Å². The maximum absolute atomic E-state index is 13.5. The van der Waals surface area contributed by atoms with Gasteiger partial charge in [0.05, 0.1) is 0 Å². The average Bonchev–Trinajstić information content (AvgIpc) is 2.80. The monoisotopic (exact) mass is 296 g/mol. The molecule has 0 saturated carbocycles. The minimum atomic E-state index is -1.03. The molecular weight excluding hydrogens is 287 g/mol. The van der Waals surface area contributed by atoms with E-state index in [2.05, 4.69) is 4.74 Å². The molecule has 2 rings (SSSR count). The van der Waals surface area contributed by atoms with Crippen LogP contribution in [-0.2, 0) is 9.53 Å². The molecule has 0 atom stereocenters. The Kier molecular flexibility index (Phi) is 3.94. The van der Waals surface area contributed by atoms with Crippen LogP contribution >= 0.6 is 11.3 Å². The molecule has 3 amide bonds. The maximum Gasteiger partial charge on any atom is 0.348 e. The number of hydrogen-bond acceptors (Lipinski definition) is 5. The Hall–Kier alpha value is -2.48. The third kappa shape index (κ3) is 3.09. The second-order valence-electron chi connectivity index (χ2n) is 3.75. The van der Waals surface area contributed by atoms with Crippen molar-refractivity contribution in [1.82, 2.24) is 5.32 Å². The van der Waals surface area contributed by atoms with E-state index in [1.165, 1.54) is 18.2 Å². The molecule has 0 fully saturated rings. The zero-order chi connectivity index (χ0) is 14.7. The maximum atomic E-state index is 13.5. The van der Waals surface area contributed by atoms with Gasteiger partial charge in [0.25, 0.3) is 5.91 Å². The molecule has 8 heteroatoms. The van der Waals surface area contributed by atoms with Gasteiger partial charge in [0.2, 0.25) is 0 Å². The number of nitrogens with one attached hydrogen (secondary N) is 1. The molecule has 20 heavy (non-hydrogen) atoms. The minimum Gasteiger partial charge on any atom is -0.451 e. The summed E-state index contributed by atoms with van der Waals surface area (Å²) in [4.78, 5) is 33.3. The summed E-state index contributed by atoms with van der Waals surface area (Å²) in [5.74, 6) is -2.05. The van der Waals surface area contributed by atoms with Crippen molar-refractivity contribution in [2.24, 2.45) is 5.73 Å². The Morgan fingerprint density at radius 3 is 2.75 bits per heavy atom. The third-order valence-corrected chi connectivity index (χ3v) is 3.39. The Bertz CT molecular complexity index is 698. The summed E-state index contributed by atoms with van der Waals surface area (Å²) in [7, 11) is 0. The van der Waals surface area contributed by atoms with Crippen LogP contribution in [0.3, 0.4) is 0 Å². The van der Waals surface area contributed by atoms with Crippen molar-refractivity contribution in [3.8, 4) is 0 Å². The molecular formula is C12H9FN2O4S. The molecule has 6 nitrogen and oxygen atoms in total. The van der Waals surface area contributed by atoms with Gasteiger partial charge >= 0.3 is 12.0 Å². The number of halogens is 1. The van der Waals surface area contributed by atoms with Gasteiger partial charge in [0.1, 0.15) is 10.7 Å². The van der Waals surface area contributed by atoms with Crippen molar-refractivity contribution in [2.75, 3.05) is 6.61 Å². The highest BCUT2D eigenvalue weighted by Crippen LogP contribution is 2.27. The lowest BCUT2D eigenvalue weighted by molar-refractivity contribution is -0.123. The standard InChI is InChI=1S/C12H9FN2O4S/c13-7-2-1-3-8-6(7)4-9(20-8)11(17)19-5-10(16)15-12(14)18/h1-4H,5H2,(H3,14,15,16,18). The Labute approximate surface area is 116 Å². The summed E-state index contributed by atoms with van der Waals surface area (Å²) in [5.41, 5.74) is 4.73. The predicted octanol–water partition coefficient (Wildman–Crippen LogP) is 1.39. The number of thiophene rings is 1. The van der Waals surface area contributed by atoms with E-state index in [0.29, 0.717) is 10.1 Å². The van der Waals surface area contributed by atoms with Gasteiger partial charge in [-0.05, 0) is 18.2 Å². The quantitative estimate of drug-likeness (QED) is 0.836. The lowest BCUT2D eigenvalue weighted by atomic mass is 10.2. The average molecular weight is 296 g/mol. The van der Waals surface area contributed by atoms with E-state index in [4.69, 9.17) is 5.73 Å². The summed E-state index contributed by atoms with van der Waals surface area (Å²) in [6.07, 6.45) is 0. The largest absolute Gasteiger partial charge is 0.451 e. The van der Waals surface area contributed by atoms with Crippen LogP contribution in [0.15, 0.2) is 24.3 Å². The summed E-state index contributed by atoms with van der Waals surface area (Å²) >= 11 is 1.05. The molecule has 1 heterocycles. The summed E-state index contributed by atoms with van der Waals surface area (Å²) in [5, 5.41) is 2.06. The van der Waals surface area contributed by atoms with Gasteiger partial charge in [-0.3, -0.25) is 10.1 Å². The lowest BCUT2D eigenvalue weighted by Gasteiger charge is -2.02. The zero-order valence-electron chi connectivity index (χ0n) is 10.0. The molecule has 0 aliphatic heterocycles. The molecule has 1 aromatic carbocycles. The molecule has 0 aliphatic carbocycles. The molecule has 104 valence electrons. The molecule has 3 N–H and O–H groups in total. The topological polar surface area (TPSA) is 98.5 Å². The highest BCUT2D eigenvalue weighted by Gasteiger charge is 2.15. The number of nitrogens with two attached hydrogens (primary N) is 1. The molecule has 0 radical (unpaired) electrons. The molecule has 1 aromatic heterocycles. The van der Waals surface area contributed by atoms with E-state index in [9.17, 15) is 18.8 Å². The van der Waals surface area contributed by atoms with E-state index < -0.39 is 30.3 Å². The Morgan fingerprint density at radius 2 is 2.10 bits per heavy atom. The number of benzene rings is 1. The van der Waals surface area contributed by atoms with Crippen LogP contribution in [0, 0.1) is 5.82 Å². The van der Waals surface area contributed by atoms with Gasteiger partial charge in [0.15, 0.2) is 6.61 Å². The molecule has 0 unspecified atom stereocenters. The van der Waals surface area contributed by atoms with E-state index in [-0.39, 0.29) is 4.88 Å². The van der Waals surface area contributed by atoms with Crippen molar-refractivity contribution in [3.63, 3.8) is 0 Å². The summed E-state index contributed by atoms with van der Waals surface area (Å²) in [6.45, 7) is -0.640. The molecule has 2 aromatic rings. The van der Waals surface area contributed by atoms with Crippen molar-refractivity contribution in [1.29, 1.82) is 0 Å². The molecule has 0 bridgehead atoms. The van der Waals surface area contributed by atoms with Gasteiger partial charge in [-0.25, -0.2) is 14.0 Å². The van der Waals surface area contributed by atoms with Gasteiger partial charge in [-0.15, -0.1) is 11.3 Å². The van der Waals surface area contributed by atoms with E-state index in [1.54, 1.807) is 11.4 Å². The SMILES string of the molecule is NC(=O)NC(=O)COC(=O)c1cc2c(F)cccc2s1. The summed E-state index contributed by atoms with van der Waals surface area (Å²) in [6, 6.07) is 4.80. The molecule has 0 spiro atoms. The first-order valence-corrected chi connectivity index (χ1v) is 6.23. The van der Waals surface area contributed by atoms with Crippen LogP contribution in [0.2, 0.25) is 0 Å². The minimum absolute atomic E-state index is 0.164. The van der Waals surface area contributed by atoms with Gasteiger partial charge in [-0.2, -0.15) is 0 Å². The lowest BCUT2D eigenvalue weighted by Crippen LogP contribution is -2.37. The van der Waals surface area contributed by atoms with E-state index in [1.807, 2.05) is 0 Å². The number of fused-ring (bicyclic) bond motifs is 1. The number of primary amides is 1.